The molecular weight excluding hydrogens is 550 g/mol. The molecule has 0 aromatic heterocycles. The fourth-order valence-electron chi connectivity index (χ4n) is 4.51. The molecule has 2 aromatic rings. The van der Waals surface area contributed by atoms with Crippen LogP contribution >= 0.6 is 0 Å². The molecule has 0 bridgehead atoms. The third kappa shape index (κ3) is 9.13. The Labute approximate surface area is 244 Å². The summed E-state index contributed by atoms with van der Waals surface area (Å²) in [6.07, 6.45) is 2.40. The topological polar surface area (TPSA) is 136 Å². The molecule has 2 atom stereocenters. The predicted molar refractivity (Wildman–Crippen MR) is 158 cm³/mol. The van der Waals surface area contributed by atoms with Gasteiger partial charge in [0.05, 0.1) is 52.5 Å². The number of hydrogen-bond acceptors (Lipinski definition) is 10. The summed E-state index contributed by atoms with van der Waals surface area (Å²) in [5, 5.41) is 9.23. The Morgan fingerprint density at radius 2 is 1.39 bits per heavy atom. The van der Waals surface area contributed by atoms with Crippen LogP contribution in [0.15, 0.2) is 29.2 Å². The van der Waals surface area contributed by atoms with Gasteiger partial charge in [-0.3, -0.25) is 0 Å². The number of hydrogen-bond donors (Lipinski definition) is 2. The molecular formula is C30H47NO9S. The molecule has 2 unspecified atom stereocenters. The molecule has 232 valence electrons. The lowest BCUT2D eigenvalue weighted by Gasteiger charge is -2.21. The maximum absolute atomic E-state index is 13.3. The second-order valence-corrected chi connectivity index (χ2v) is 11.6. The van der Waals surface area contributed by atoms with Crippen molar-refractivity contribution in [2.24, 2.45) is 5.73 Å². The normalized spacial score (nSPS) is 16.5. The predicted octanol–water partition coefficient (Wildman–Crippen LogP) is 5.00. The van der Waals surface area contributed by atoms with Gasteiger partial charge in [0, 0.05) is 13.0 Å². The highest BCUT2D eigenvalue weighted by Crippen LogP contribution is 2.48. The standard InChI is InChI=1S/C28H40O9S.C2H7N/c1-6-12-36-28-25(35-13-8-11-29)17-20(18-26(28)38(30,31)14-7-2)22-10-9-21(37-22)19-15-23(32-3)27(34-5)24(16-19)33-4;1-2-3/h15-18,21-22,29H,6-14H2,1-5H3;2-3H2,1H3. The maximum atomic E-state index is 13.3. The van der Waals surface area contributed by atoms with E-state index in [4.69, 9.17) is 34.2 Å². The van der Waals surface area contributed by atoms with E-state index in [1.54, 1.807) is 33.5 Å². The van der Waals surface area contributed by atoms with E-state index in [0.717, 1.165) is 18.5 Å². The Balaban J connectivity index is 0.00000187. The van der Waals surface area contributed by atoms with Crippen molar-refractivity contribution in [1.29, 1.82) is 0 Å². The van der Waals surface area contributed by atoms with Crippen molar-refractivity contribution >= 4 is 9.84 Å². The molecule has 1 aliphatic heterocycles. The molecule has 1 saturated heterocycles. The Hall–Kier alpha value is -2.73. The van der Waals surface area contributed by atoms with E-state index in [-0.39, 0.29) is 41.8 Å². The van der Waals surface area contributed by atoms with Crippen LogP contribution in [0.3, 0.4) is 0 Å². The number of benzene rings is 2. The second-order valence-electron chi connectivity index (χ2n) is 9.50. The minimum atomic E-state index is -3.62. The molecule has 0 amide bonds. The van der Waals surface area contributed by atoms with E-state index < -0.39 is 9.84 Å². The number of ether oxygens (including phenoxy) is 6. The number of methoxy groups -OCH3 is 3. The monoisotopic (exact) mass is 597 g/mol. The number of aliphatic hydroxyl groups excluding tert-OH is 1. The molecule has 10 nitrogen and oxygen atoms in total. The summed E-state index contributed by atoms with van der Waals surface area (Å²) in [5.41, 5.74) is 6.43. The molecule has 3 N–H and O–H groups in total. The van der Waals surface area contributed by atoms with Crippen LogP contribution in [0.2, 0.25) is 0 Å². The molecule has 41 heavy (non-hydrogen) atoms. The SMILES string of the molecule is CCCOc1c(OCCCO)cc(C2CCC(c3cc(OC)c(OC)c(OC)c3)O2)cc1S(=O)(=O)CCC.CCN. The number of sulfone groups is 1. The first kappa shape index (κ1) is 34.5. The van der Waals surface area contributed by atoms with Gasteiger partial charge in [0.15, 0.2) is 32.8 Å². The van der Waals surface area contributed by atoms with E-state index in [1.165, 1.54) is 0 Å². The lowest BCUT2D eigenvalue weighted by atomic mass is 10.0. The first-order chi connectivity index (χ1) is 19.7. The van der Waals surface area contributed by atoms with Crippen molar-refractivity contribution in [3.8, 4) is 28.7 Å². The number of rotatable bonds is 15. The zero-order valence-corrected chi connectivity index (χ0v) is 26.1. The van der Waals surface area contributed by atoms with Crippen LogP contribution in [0.1, 0.15) is 76.2 Å². The minimum absolute atomic E-state index is 0.00535. The van der Waals surface area contributed by atoms with Gasteiger partial charge in [-0.25, -0.2) is 8.42 Å². The van der Waals surface area contributed by atoms with Crippen LogP contribution in [0, 0.1) is 0 Å². The van der Waals surface area contributed by atoms with E-state index in [9.17, 15) is 13.5 Å². The molecule has 3 rings (SSSR count). The van der Waals surface area contributed by atoms with Crippen molar-refractivity contribution < 1.29 is 41.9 Å². The molecule has 1 heterocycles. The zero-order valence-electron chi connectivity index (χ0n) is 25.2. The van der Waals surface area contributed by atoms with Gasteiger partial charge in [-0.15, -0.1) is 0 Å². The fraction of sp³-hybridized carbons (Fsp3) is 0.600. The summed E-state index contributed by atoms with van der Waals surface area (Å²) in [6.45, 7) is 6.99. The van der Waals surface area contributed by atoms with E-state index >= 15 is 0 Å². The maximum Gasteiger partial charge on any atom is 0.203 e. The zero-order chi connectivity index (χ0) is 30.4. The third-order valence-corrected chi connectivity index (χ3v) is 8.23. The number of aliphatic hydroxyl groups is 1. The van der Waals surface area contributed by atoms with Crippen molar-refractivity contribution in [3.05, 3.63) is 35.4 Å². The fourth-order valence-corrected chi connectivity index (χ4v) is 6.02. The molecule has 1 aliphatic rings. The van der Waals surface area contributed by atoms with Crippen molar-refractivity contribution in [3.63, 3.8) is 0 Å². The first-order valence-electron chi connectivity index (χ1n) is 14.2. The summed E-state index contributed by atoms with van der Waals surface area (Å²) in [6, 6.07) is 7.21. The van der Waals surface area contributed by atoms with Gasteiger partial charge in [0.25, 0.3) is 0 Å². The van der Waals surface area contributed by atoms with Gasteiger partial charge in [-0.2, -0.15) is 0 Å². The molecule has 0 saturated carbocycles. The summed E-state index contributed by atoms with van der Waals surface area (Å²) in [4.78, 5) is 0.115. The lowest BCUT2D eigenvalue weighted by Crippen LogP contribution is -2.13. The first-order valence-corrected chi connectivity index (χ1v) is 15.8. The summed E-state index contributed by atoms with van der Waals surface area (Å²) in [7, 11) is 1.07. The smallest absolute Gasteiger partial charge is 0.203 e. The molecule has 0 spiro atoms. The van der Waals surface area contributed by atoms with Crippen LogP contribution in [-0.4, -0.2) is 67.0 Å². The molecule has 11 heteroatoms. The Kier molecular flexibility index (Phi) is 14.5. The van der Waals surface area contributed by atoms with Crippen LogP contribution < -0.4 is 29.4 Å². The van der Waals surface area contributed by atoms with E-state index in [0.29, 0.717) is 60.9 Å². The molecule has 2 aromatic carbocycles. The molecule has 0 aliphatic carbocycles. The highest BCUT2D eigenvalue weighted by atomic mass is 32.2. The largest absolute Gasteiger partial charge is 0.493 e. The van der Waals surface area contributed by atoms with E-state index in [2.05, 4.69) is 0 Å². The summed E-state index contributed by atoms with van der Waals surface area (Å²) >= 11 is 0. The third-order valence-electron chi connectivity index (χ3n) is 6.31. The lowest BCUT2D eigenvalue weighted by molar-refractivity contribution is 0.0434. The van der Waals surface area contributed by atoms with Crippen LogP contribution in [0.25, 0.3) is 0 Å². The van der Waals surface area contributed by atoms with Gasteiger partial charge >= 0.3 is 0 Å². The van der Waals surface area contributed by atoms with Gasteiger partial charge in [-0.1, -0.05) is 20.8 Å². The van der Waals surface area contributed by atoms with Gasteiger partial charge < -0.3 is 39.3 Å². The average Bonchev–Trinajstić information content (AvgIpc) is 3.46. The van der Waals surface area contributed by atoms with Crippen molar-refractivity contribution in [1.82, 2.24) is 0 Å². The Bertz CT molecular complexity index is 1160. The Morgan fingerprint density at radius 3 is 1.88 bits per heavy atom. The van der Waals surface area contributed by atoms with Crippen LogP contribution in [0.5, 0.6) is 28.7 Å². The van der Waals surface area contributed by atoms with E-state index in [1.807, 2.05) is 32.9 Å². The highest BCUT2D eigenvalue weighted by Gasteiger charge is 2.32. The highest BCUT2D eigenvalue weighted by molar-refractivity contribution is 7.91. The van der Waals surface area contributed by atoms with Gasteiger partial charge in [0.2, 0.25) is 5.75 Å². The minimum Gasteiger partial charge on any atom is -0.493 e. The summed E-state index contributed by atoms with van der Waals surface area (Å²) < 4.78 is 61.3. The van der Waals surface area contributed by atoms with Gasteiger partial charge in [-0.05, 0) is 67.6 Å². The summed E-state index contributed by atoms with van der Waals surface area (Å²) in [5.74, 6) is 2.15. The van der Waals surface area contributed by atoms with Crippen molar-refractivity contribution in [2.75, 3.05) is 53.4 Å². The molecule has 0 radical (unpaired) electrons. The average molecular weight is 598 g/mol. The van der Waals surface area contributed by atoms with Gasteiger partial charge in [0.1, 0.15) is 4.90 Å². The van der Waals surface area contributed by atoms with Crippen LogP contribution in [-0.2, 0) is 14.6 Å². The van der Waals surface area contributed by atoms with Crippen LogP contribution in [0.4, 0.5) is 0 Å². The molecule has 1 fully saturated rings. The van der Waals surface area contributed by atoms with Crippen molar-refractivity contribution in [2.45, 2.75) is 70.0 Å². The quantitative estimate of drug-likeness (QED) is 0.270. The number of nitrogens with two attached hydrogens (primary N) is 1. The second kappa shape index (κ2) is 17.3. The Morgan fingerprint density at radius 1 is 0.829 bits per heavy atom.